The second-order valence-corrected chi connectivity index (χ2v) is 16.7. The quantitative estimate of drug-likeness (QED) is 0.0597. The first-order valence-electron chi connectivity index (χ1n) is 21.3. The molecule has 3 aliphatic heterocycles. The Balaban J connectivity index is 1.56. The standard InChI is InChI=1S/C47H58N4O13/c1-22-11-10-12-23(2)46(58)51-37-41(56)34-33(36-44(37)63-32-21-29(13-14-30(32)50-36)60-20-18-49-17-16-48)35-43(27(6)40(34)55)64-47(8,45(35)57)61-19-15-31(59-9)24(3)42(62-28(7)52)26(5)39(54)25(4)38(22)53/h10-15,19,21-22,24-26,31,38-39,42,49,53-55H,16-18,20,48H2,1-9H3,(H,51,58)/b11-10+,19-15+,23-12-/t22-,24+,25+,26+,31-,38-,39+,42+,47-/m0/s1. The van der Waals surface area contributed by atoms with Gasteiger partial charge in [-0.25, -0.2) is 4.98 Å². The number of hydrogen-bond acceptors (Lipinski definition) is 16. The number of carbonyl (C=O) groups excluding carboxylic acids is 3. The lowest BCUT2D eigenvalue weighted by Crippen LogP contribution is -2.46. The van der Waals surface area contributed by atoms with Crippen molar-refractivity contribution in [1.82, 2.24) is 10.3 Å². The Bertz CT molecular complexity index is 2550. The molecule has 17 nitrogen and oxygen atoms in total. The summed E-state index contributed by atoms with van der Waals surface area (Å²) in [6, 6.07) is 4.90. The van der Waals surface area contributed by atoms with Crippen molar-refractivity contribution in [3.05, 3.63) is 75.7 Å². The Morgan fingerprint density at radius 3 is 2.44 bits per heavy atom. The molecule has 2 aromatic carbocycles. The van der Waals surface area contributed by atoms with Gasteiger partial charge in [0.25, 0.3) is 11.7 Å². The molecule has 344 valence electrons. The highest BCUT2D eigenvalue weighted by Gasteiger charge is 2.50. The zero-order valence-electron chi connectivity index (χ0n) is 37.5. The maximum Gasteiger partial charge on any atom is 0.312 e. The van der Waals surface area contributed by atoms with E-state index in [1.807, 2.05) is 0 Å². The van der Waals surface area contributed by atoms with E-state index >= 15 is 0 Å². The smallest absolute Gasteiger partial charge is 0.312 e. The van der Waals surface area contributed by atoms with Crippen LogP contribution in [0.4, 0.5) is 5.69 Å². The number of aromatic hydroxyl groups is 1. The largest absolute Gasteiger partial charge is 0.507 e. The third kappa shape index (κ3) is 9.21. The highest BCUT2D eigenvalue weighted by molar-refractivity contribution is 6.22. The predicted octanol–water partition coefficient (Wildman–Crippen LogP) is 4.88. The van der Waals surface area contributed by atoms with Crippen molar-refractivity contribution in [2.24, 2.45) is 29.4 Å². The van der Waals surface area contributed by atoms with E-state index in [-0.39, 0.29) is 55.9 Å². The molecular formula is C47H58N4O13. The molecule has 4 bridgehead atoms. The molecule has 0 unspecified atom stereocenters. The first-order chi connectivity index (χ1) is 30.3. The van der Waals surface area contributed by atoms with Crippen molar-refractivity contribution < 1.29 is 57.8 Å². The number of fused-ring (bicyclic) bond motifs is 2. The van der Waals surface area contributed by atoms with Crippen molar-refractivity contribution in [1.29, 1.82) is 0 Å². The average Bonchev–Trinajstić information content (AvgIpc) is 3.53. The maximum atomic E-state index is 14.7. The molecule has 0 aromatic heterocycles. The summed E-state index contributed by atoms with van der Waals surface area (Å²) in [5.41, 5.74) is 4.91. The number of amides is 1. The summed E-state index contributed by atoms with van der Waals surface area (Å²) in [6.07, 6.45) is 3.54. The number of methoxy groups -OCH3 is 1. The molecule has 2 aromatic rings. The van der Waals surface area contributed by atoms with E-state index in [0.717, 1.165) is 0 Å². The number of allylic oxidation sites excluding steroid dienone is 2. The van der Waals surface area contributed by atoms with Crippen LogP contribution in [-0.2, 0) is 23.8 Å². The fourth-order valence-electron chi connectivity index (χ4n) is 8.34. The third-order valence-electron chi connectivity index (χ3n) is 12.2. The molecule has 64 heavy (non-hydrogen) atoms. The maximum absolute atomic E-state index is 14.7. The van der Waals surface area contributed by atoms with Crippen molar-refractivity contribution in [2.45, 2.75) is 85.6 Å². The van der Waals surface area contributed by atoms with Crippen LogP contribution in [0.25, 0.3) is 33.3 Å². The van der Waals surface area contributed by atoms with Crippen molar-refractivity contribution in [2.75, 3.05) is 38.7 Å². The van der Waals surface area contributed by atoms with Crippen LogP contribution in [0.3, 0.4) is 0 Å². The molecule has 17 heteroatoms. The number of benzene rings is 3. The summed E-state index contributed by atoms with van der Waals surface area (Å²) in [4.78, 5) is 60.6. The number of ketones is 1. The number of aromatic nitrogens is 1. The lowest BCUT2D eigenvalue weighted by molar-refractivity contribution is -0.160. The zero-order chi connectivity index (χ0) is 46.8. The number of nitrogens with two attached hydrogens (primary N) is 1. The van der Waals surface area contributed by atoms with Gasteiger partial charge in [-0.15, -0.1) is 0 Å². The highest BCUT2D eigenvalue weighted by Crippen LogP contribution is 2.50. The number of phenols is 1. The molecule has 3 heterocycles. The molecule has 0 radical (unpaired) electrons. The van der Waals surface area contributed by atoms with Crippen LogP contribution in [0.15, 0.2) is 63.6 Å². The van der Waals surface area contributed by atoms with Gasteiger partial charge in [0.05, 0.1) is 35.5 Å². The van der Waals surface area contributed by atoms with Crippen molar-refractivity contribution >= 4 is 45.2 Å². The number of Topliss-reactive ketones (excluding diaryl/α,β-unsaturated/α-hetero) is 1. The van der Waals surface area contributed by atoms with E-state index < -0.39 is 82.7 Å². The molecule has 0 spiro atoms. The molecule has 1 aliphatic carbocycles. The van der Waals surface area contributed by atoms with Gasteiger partial charge in [0.1, 0.15) is 46.9 Å². The van der Waals surface area contributed by atoms with Crippen molar-refractivity contribution in [3.63, 3.8) is 0 Å². The Hall–Kier alpha value is -5.85. The molecule has 7 N–H and O–H groups in total. The number of aliphatic hydroxyl groups is 2. The summed E-state index contributed by atoms with van der Waals surface area (Å²) in [6.45, 7) is 14.5. The second kappa shape index (κ2) is 19.5. The molecule has 4 aliphatic rings. The van der Waals surface area contributed by atoms with Gasteiger partial charge in [-0.3, -0.25) is 19.2 Å². The minimum absolute atomic E-state index is 0.0330. The number of hydrogen-bond donors (Lipinski definition) is 6. The Morgan fingerprint density at radius 2 is 1.75 bits per heavy atom. The number of esters is 1. The topological polar surface area (TPSA) is 251 Å². The summed E-state index contributed by atoms with van der Waals surface area (Å²) >= 11 is 0. The second-order valence-electron chi connectivity index (χ2n) is 16.7. The lowest BCUT2D eigenvalue weighted by Gasteiger charge is -2.38. The Morgan fingerprint density at radius 1 is 1.02 bits per heavy atom. The molecular weight excluding hydrogens is 829 g/mol. The van der Waals surface area contributed by atoms with Crippen LogP contribution in [0.1, 0.15) is 64.4 Å². The Kier molecular flexibility index (Phi) is 14.5. The minimum atomic E-state index is -2.04. The summed E-state index contributed by atoms with van der Waals surface area (Å²) in [7, 11) is 1.44. The van der Waals surface area contributed by atoms with Gasteiger partial charge < -0.3 is 59.8 Å². The van der Waals surface area contributed by atoms with E-state index in [2.05, 4.69) is 10.6 Å². The van der Waals surface area contributed by atoms with E-state index in [1.54, 1.807) is 58.0 Å². The van der Waals surface area contributed by atoms with E-state index in [9.17, 15) is 34.5 Å². The molecule has 0 saturated carbocycles. The number of anilines is 1. The van der Waals surface area contributed by atoms with Gasteiger partial charge in [-0.05, 0) is 32.1 Å². The van der Waals surface area contributed by atoms with Crippen LogP contribution >= 0.6 is 0 Å². The number of ether oxygens (including phenoxy) is 5. The normalized spacial score (nSPS) is 28.7. The predicted molar refractivity (Wildman–Crippen MR) is 238 cm³/mol. The number of rotatable bonds is 8. The van der Waals surface area contributed by atoms with Crippen LogP contribution < -0.4 is 31.3 Å². The van der Waals surface area contributed by atoms with Gasteiger partial charge in [0.15, 0.2) is 11.3 Å². The number of phenolic OH excluding ortho intramolecular Hbond substituents is 1. The van der Waals surface area contributed by atoms with E-state index in [0.29, 0.717) is 37.5 Å². The fourth-order valence-corrected chi connectivity index (χ4v) is 8.34. The summed E-state index contributed by atoms with van der Waals surface area (Å²) < 4.78 is 36.1. The molecule has 1 amide bonds. The molecule has 9 atom stereocenters. The molecule has 0 saturated heterocycles. The molecule has 0 fully saturated rings. The first-order valence-corrected chi connectivity index (χ1v) is 21.3. The van der Waals surface area contributed by atoms with Gasteiger partial charge >= 0.3 is 11.8 Å². The van der Waals surface area contributed by atoms with E-state index in [1.165, 1.54) is 53.2 Å². The number of nitrogens with one attached hydrogen (secondary N) is 2. The monoisotopic (exact) mass is 886 g/mol. The lowest BCUT2D eigenvalue weighted by atomic mass is 9.78. The number of aliphatic hydroxyl groups excluding tert-OH is 2. The van der Waals surface area contributed by atoms with Crippen molar-refractivity contribution in [3.8, 4) is 28.7 Å². The molecule has 6 rings (SSSR count). The fraction of sp³-hybridized carbons (Fsp3) is 0.468. The SMILES string of the molecule is CO[C@H]1/C=C/O[C@@]2(C)Oc3c(C)c(O)c4c(=O)c(c5oc6cc(OCCNCCN)ccc6nc-5c4c3C2=O)NC(=O)/C(C)=C\C=C\[C@H](C)[C@H](O)[C@@H](C)[C@@H](O)[C@@H](C)[C@H](OC(C)=O)[C@@H]1C. The number of carbonyl (C=O) groups is 3. The van der Waals surface area contributed by atoms with Crippen LogP contribution in [0.2, 0.25) is 0 Å². The minimum Gasteiger partial charge on any atom is -0.507 e. The van der Waals surface area contributed by atoms with E-state index in [4.69, 9.17) is 38.8 Å². The van der Waals surface area contributed by atoms with Gasteiger partial charge in [0, 0.05) is 86.9 Å². The van der Waals surface area contributed by atoms with Crippen LogP contribution in [-0.4, -0.2) is 102 Å². The Labute approximate surface area is 370 Å². The third-order valence-corrected chi connectivity index (χ3v) is 12.2. The van der Waals surface area contributed by atoms with Gasteiger partial charge in [-0.2, -0.15) is 0 Å². The summed E-state index contributed by atoms with van der Waals surface area (Å²) in [5.74, 6) is -6.91. The van der Waals surface area contributed by atoms with Crippen LogP contribution in [0.5, 0.6) is 17.2 Å². The number of nitrogens with zero attached hydrogens (tertiary/aromatic N) is 1. The average molecular weight is 887 g/mol. The van der Waals surface area contributed by atoms with Crippen LogP contribution in [0, 0.1) is 30.6 Å². The summed E-state index contributed by atoms with van der Waals surface area (Å²) in [5, 5.41) is 40.2. The van der Waals surface area contributed by atoms with Gasteiger partial charge in [-0.1, -0.05) is 45.9 Å². The first kappa shape index (κ1) is 47.6. The van der Waals surface area contributed by atoms with Gasteiger partial charge in [0.2, 0.25) is 5.43 Å². The zero-order valence-corrected chi connectivity index (χ0v) is 37.5. The highest BCUT2D eigenvalue weighted by atomic mass is 16.7.